The van der Waals surface area contributed by atoms with Gasteiger partial charge in [-0.3, -0.25) is 4.98 Å². The summed E-state index contributed by atoms with van der Waals surface area (Å²) in [6.45, 7) is 4.10. The molecule has 2 aliphatic carbocycles. The number of hydrogen-bond acceptors (Lipinski definition) is 4. The van der Waals surface area contributed by atoms with Crippen molar-refractivity contribution >= 4 is 5.97 Å². The second-order valence-corrected chi connectivity index (χ2v) is 10.3. The lowest BCUT2D eigenvalue weighted by atomic mass is 9.88. The van der Waals surface area contributed by atoms with Crippen molar-refractivity contribution in [3.63, 3.8) is 0 Å². The summed E-state index contributed by atoms with van der Waals surface area (Å²) in [5.41, 5.74) is 20.6. The summed E-state index contributed by atoms with van der Waals surface area (Å²) in [6, 6.07) is 10.3. The Labute approximate surface area is 194 Å². The maximum atomic E-state index is 12.2. The van der Waals surface area contributed by atoms with E-state index in [-0.39, 0.29) is 11.6 Å². The molecule has 1 fully saturated rings. The normalized spacial score (nSPS) is 16.2. The van der Waals surface area contributed by atoms with E-state index in [0.29, 0.717) is 23.6 Å². The van der Waals surface area contributed by atoms with E-state index in [4.69, 9.17) is 16.5 Å². The number of carboxylic acids is 1. The minimum atomic E-state index is -0.896. The number of carboxylic acid groups (broad SMARTS) is 1. The molecule has 6 heteroatoms. The predicted molar refractivity (Wildman–Crippen MR) is 130 cm³/mol. The molecule has 0 amide bonds. The van der Waals surface area contributed by atoms with Gasteiger partial charge in [0.25, 0.3) is 0 Å². The Morgan fingerprint density at radius 2 is 1.97 bits per heavy atom. The van der Waals surface area contributed by atoms with Gasteiger partial charge in [-0.1, -0.05) is 24.3 Å². The molecular formula is C27H32N4O2. The average Bonchev–Trinajstić information content (AvgIpc) is 3.55. The number of aromatic amines is 1. The van der Waals surface area contributed by atoms with Gasteiger partial charge in [-0.05, 0) is 81.0 Å². The molecule has 0 spiro atoms. The molecule has 1 aromatic carbocycles. The molecule has 1 atom stereocenters. The van der Waals surface area contributed by atoms with Gasteiger partial charge in [-0.2, -0.15) is 0 Å². The first-order valence-electron chi connectivity index (χ1n) is 11.8. The van der Waals surface area contributed by atoms with Gasteiger partial charge in [0.05, 0.1) is 17.0 Å². The summed E-state index contributed by atoms with van der Waals surface area (Å²) < 4.78 is 0. The van der Waals surface area contributed by atoms with E-state index in [9.17, 15) is 9.90 Å². The van der Waals surface area contributed by atoms with Crippen molar-refractivity contribution in [2.45, 2.75) is 64.0 Å². The second kappa shape index (κ2) is 8.12. The van der Waals surface area contributed by atoms with E-state index >= 15 is 0 Å². The number of hydrogen-bond donors (Lipinski definition) is 4. The number of aromatic nitrogens is 2. The highest BCUT2D eigenvalue weighted by atomic mass is 16.4. The highest BCUT2D eigenvalue weighted by Crippen LogP contribution is 2.44. The average molecular weight is 445 g/mol. The number of rotatable bonds is 7. The highest BCUT2D eigenvalue weighted by molar-refractivity contribution is 5.95. The fourth-order valence-corrected chi connectivity index (χ4v) is 4.87. The van der Waals surface area contributed by atoms with Crippen molar-refractivity contribution in [2.24, 2.45) is 17.4 Å². The molecule has 2 heterocycles. The molecule has 2 aliphatic rings. The van der Waals surface area contributed by atoms with Crippen LogP contribution in [-0.4, -0.2) is 26.6 Å². The van der Waals surface area contributed by atoms with Crippen LogP contribution in [0.2, 0.25) is 0 Å². The Hall–Kier alpha value is -2.96. The first-order chi connectivity index (χ1) is 15.7. The van der Waals surface area contributed by atoms with Gasteiger partial charge in [0.15, 0.2) is 0 Å². The summed E-state index contributed by atoms with van der Waals surface area (Å²) >= 11 is 0. The van der Waals surface area contributed by atoms with Crippen molar-refractivity contribution in [1.29, 1.82) is 0 Å². The zero-order valence-corrected chi connectivity index (χ0v) is 19.3. The van der Waals surface area contributed by atoms with Gasteiger partial charge >= 0.3 is 5.97 Å². The minimum absolute atomic E-state index is 0.178. The first-order valence-corrected chi connectivity index (χ1v) is 11.8. The molecule has 0 radical (unpaired) electrons. The van der Waals surface area contributed by atoms with Crippen molar-refractivity contribution in [1.82, 2.24) is 9.97 Å². The largest absolute Gasteiger partial charge is 0.478 e. The van der Waals surface area contributed by atoms with Gasteiger partial charge in [0.2, 0.25) is 0 Å². The molecule has 172 valence electrons. The van der Waals surface area contributed by atoms with Crippen LogP contribution in [0.4, 0.5) is 0 Å². The van der Waals surface area contributed by atoms with E-state index < -0.39 is 5.97 Å². The van der Waals surface area contributed by atoms with Crippen molar-refractivity contribution in [2.75, 3.05) is 0 Å². The lowest BCUT2D eigenvalue weighted by molar-refractivity contribution is 0.0694. The zero-order chi connectivity index (χ0) is 23.3. The summed E-state index contributed by atoms with van der Waals surface area (Å²) in [5.74, 6) is -0.522. The lowest BCUT2D eigenvalue weighted by Crippen LogP contribution is -2.32. The van der Waals surface area contributed by atoms with Crippen LogP contribution < -0.4 is 11.5 Å². The predicted octanol–water partition coefficient (Wildman–Crippen LogP) is 4.62. The number of nitrogens with zero attached hydrogens (tertiary/aromatic N) is 1. The lowest BCUT2D eigenvalue weighted by Gasteiger charge is -2.18. The molecule has 6 N–H and O–H groups in total. The van der Waals surface area contributed by atoms with Gasteiger partial charge in [0.1, 0.15) is 0 Å². The van der Waals surface area contributed by atoms with Gasteiger partial charge in [-0.25, -0.2) is 4.79 Å². The van der Waals surface area contributed by atoms with Crippen molar-refractivity contribution < 1.29 is 9.90 Å². The molecule has 0 bridgehead atoms. The number of aromatic carboxylic acids is 1. The summed E-state index contributed by atoms with van der Waals surface area (Å²) in [6.07, 6.45) is 7.39. The number of pyridine rings is 1. The Morgan fingerprint density at radius 1 is 1.24 bits per heavy atom. The number of H-pyrrole nitrogens is 1. The molecule has 0 saturated heterocycles. The molecule has 5 rings (SSSR count). The molecule has 1 saturated carbocycles. The van der Waals surface area contributed by atoms with E-state index in [1.54, 1.807) is 0 Å². The Bertz CT molecular complexity index is 1200. The van der Waals surface area contributed by atoms with Crippen LogP contribution in [-0.2, 0) is 19.3 Å². The fraction of sp³-hybridized carbons (Fsp3) is 0.407. The van der Waals surface area contributed by atoms with Crippen LogP contribution >= 0.6 is 0 Å². The van der Waals surface area contributed by atoms with E-state index in [1.165, 1.54) is 5.56 Å². The third-order valence-electron chi connectivity index (χ3n) is 7.02. The highest BCUT2D eigenvalue weighted by Gasteiger charge is 2.36. The third-order valence-corrected chi connectivity index (χ3v) is 7.02. The smallest absolute Gasteiger partial charge is 0.337 e. The second-order valence-electron chi connectivity index (χ2n) is 10.3. The van der Waals surface area contributed by atoms with Gasteiger partial charge < -0.3 is 21.6 Å². The number of nitrogens with two attached hydrogens (primary N) is 2. The van der Waals surface area contributed by atoms with Crippen molar-refractivity contribution in [3.05, 3.63) is 64.5 Å². The van der Waals surface area contributed by atoms with Gasteiger partial charge in [0, 0.05) is 34.6 Å². The van der Waals surface area contributed by atoms with E-state index in [0.717, 1.165) is 65.7 Å². The fourth-order valence-electron chi connectivity index (χ4n) is 4.87. The number of fused-ring (bicyclic) bond motifs is 3. The summed E-state index contributed by atoms with van der Waals surface area (Å²) in [4.78, 5) is 20.3. The van der Waals surface area contributed by atoms with Crippen LogP contribution in [0.5, 0.6) is 0 Å². The van der Waals surface area contributed by atoms with Crippen LogP contribution in [0.1, 0.15) is 71.9 Å². The first kappa shape index (κ1) is 21.9. The molecule has 33 heavy (non-hydrogen) atoms. The summed E-state index contributed by atoms with van der Waals surface area (Å²) in [7, 11) is 0. The van der Waals surface area contributed by atoms with E-state index in [2.05, 4.69) is 35.3 Å². The Kier molecular flexibility index (Phi) is 5.38. The molecular weight excluding hydrogens is 412 g/mol. The zero-order valence-electron chi connectivity index (χ0n) is 19.3. The number of benzene rings is 1. The van der Waals surface area contributed by atoms with Crippen molar-refractivity contribution in [3.8, 4) is 22.5 Å². The van der Waals surface area contributed by atoms with Crippen LogP contribution in [0.15, 0.2) is 36.5 Å². The topological polar surface area (TPSA) is 118 Å². The van der Waals surface area contributed by atoms with Gasteiger partial charge in [-0.15, -0.1) is 0 Å². The monoisotopic (exact) mass is 444 g/mol. The number of nitrogens with one attached hydrogen (secondary N) is 1. The number of aryl methyl sites for hydroxylation is 2. The van der Waals surface area contributed by atoms with Crippen LogP contribution in [0, 0.1) is 5.92 Å². The maximum Gasteiger partial charge on any atom is 0.337 e. The van der Waals surface area contributed by atoms with E-state index in [1.807, 2.05) is 20.0 Å². The molecule has 6 nitrogen and oxygen atoms in total. The molecule has 0 aliphatic heterocycles. The SMILES string of the molecule is CC(C)(N)CCc1ccc(-c2cc3c(cn2)CCc2c-3[nH]c(C(N)C3CC3)c2C(=O)O)cc1. The Morgan fingerprint density at radius 3 is 2.61 bits per heavy atom. The maximum absolute atomic E-state index is 12.2. The molecule has 3 aromatic rings. The number of carbonyl (C=O) groups is 1. The Balaban J connectivity index is 1.49. The molecule has 1 unspecified atom stereocenters. The van der Waals surface area contributed by atoms with Crippen LogP contribution in [0.25, 0.3) is 22.5 Å². The minimum Gasteiger partial charge on any atom is -0.478 e. The molecule has 2 aromatic heterocycles. The standard InChI is InChI=1S/C27H32N4O2/c1-27(2,29)12-11-15-3-5-16(6-4-15)21-13-20-18(14-30-21)9-10-19-22(26(32)33)25(31-24(19)20)23(28)17-7-8-17/h3-6,13-14,17,23,31H,7-12,28-29H2,1-2H3,(H,32,33). The third kappa shape index (κ3) is 4.33. The van der Waals surface area contributed by atoms with Crippen LogP contribution in [0.3, 0.4) is 0 Å². The quantitative estimate of drug-likeness (QED) is 0.424. The summed E-state index contributed by atoms with van der Waals surface area (Å²) in [5, 5.41) is 9.97.